The van der Waals surface area contributed by atoms with Gasteiger partial charge in [-0.2, -0.15) is 0 Å². The van der Waals surface area contributed by atoms with E-state index >= 15 is 0 Å². The third kappa shape index (κ3) is 3.34. The first-order valence-corrected chi connectivity index (χ1v) is 11.0. The van der Waals surface area contributed by atoms with Crippen LogP contribution < -0.4 is 10.1 Å². The van der Waals surface area contributed by atoms with E-state index in [9.17, 15) is 0 Å². The van der Waals surface area contributed by atoms with Crippen molar-refractivity contribution in [3.63, 3.8) is 0 Å². The van der Waals surface area contributed by atoms with Gasteiger partial charge in [0.1, 0.15) is 17.1 Å². The number of benzene rings is 2. The Labute approximate surface area is 185 Å². The molecule has 2 aromatic carbocycles. The maximum absolute atomic E-state index is 5.97. The lowest BCUT2D eigenvalue weighted by atomic mass is 9.85. The number of nitrogens with zero attached hydrogens (tertiary/aromatic N) is 4. The normalized spacial score (nSPS) is 13.9. The van der Waals surface area contributed by atoms with E-state index in [4.69, 9.17) is 9.72 Å². The lowest BCUT2D eigenvalue weighted by Gasteiger charge is -2.24. The minimum atomic E-state index is 0.559. The zero-order valence-electron chi connectivity index (χ0n) is 17.8. The number of hydrogen-bond acceptors (Lipinski definition) is 5. The Kier molecular flexibility index (Phi) is 4.49. The summed E-state index contributed by atoms with van der Waals surface area (Å²) in [5.74, 6) is 3.84. The second-order valence-electron chi connectivity index (χ2n) is 8.32. The van der Waals surface area contributed by atoms with Crippen molar-refractivity contribution in [1.29, 1.82) is 0 Å². The molecule has 5 aromatic rings. The van der Waals surface area contributed by atoms with Crippen LogP contribution in [-0.4, -0.2) is 19.4 Å². The summed E-state index contributed by atoms with van der Waals surface area (Å²) in [6.45, 7) is 2.07. The SMILES string of the molecule is Cc1cc(Oc2ccccc2)nc2cc(Nc3nccn4c(C5CCC5)ncc34)ccc12. The Bertz CT molecular complexity index is 1420. The van der Waals surface area contributed by atoms with Crippen LogP contribution in [0.25, 0.3) is 16.4 Å². The van der Waals surface area contributed by atoms with Crippen LogP contribution in [0.3, 0.4) is 0 Å². The molecule has 0 saturated heterocycles. The van der Waals surface area contributed by atoms with Crippen LogP contribution in [0.4, 0.5) is 11.5 Å². The van der Waals surface area contributed by atoms with Crippen molar-refractivity contribution < 1.29 is 4.74 Å². The molecule has 3 aromatic heterocycles. The topological polar surface area (TPSA) is 64.3 Å². The van der Waals surface area contributed by atoms with Gasteiger partial charge in [-0.25, -0.2) is 15.0 Å². The van der Waals surface area contributed by atoms with E-state index < -0.39 is 0 Å². The number of hydrogen-bond donors (Lipinski definition) is 1. The molecule has 1 aliphatic rings. The minimum Gasteiger partial charge on any atom is -0.439 e. The van der Waals surface area contributed by atoms with Gasteiger partial charge < -0.3 is 10.1 Å². The van der Waals surface area contributed by atoms with E-state index in [1.54, 1.807) is 0 Å². The van der Waals surface area contributed by atoms with E-state index in [1.165, 1.54) is 19.3 Å². The second kappa shape index (κ2) is 7.64. The highest BCUT2D eigenvalue weighted by Crippen LogP contribution is 2.36. The van der Waals surface area contributed by atoms with Gasteiger partial charge in [-0.05, 0) is 49.6 Å². The van der Waals surface area contributed by atoms with E-state index in [1.807, 2.05) is 61.1 Å². The van der Waals surface area contributed by atoms with Gasteiger partial charge >= 0.3 is 0 Å². The summed E-state index contributed by atoms with van der Waals surface area (Å²) < 4.78 is 8.13. The second-order valence-corrected chi connectivity index (χ2v) is 8.32. The van der Waals surface area contributed by atoms with Crippen molar-refractivity contribution in [3.05, 3.63) is 84.6 Å². The molecule has 6 heteroatoms. The first-order valence-electron chi connectivity index (χ1n) is 11.0. The number of aromatic nitrogens is 4. The Balaban J connectivity index is 1.34. The summed E-state index contributed by atoms with van der Waals surface area (Å²) in [6, 6.07) is 17.9. The molecule has 0 spiro atoms. The smallest absolute Gasteiger partial charge is 0.220 e. The molecule has 1 fully saturated rings. The average Bonchev–Trinajstić information content (AvgIpc) is 3.18. The lowest BCUT2D eigenvalue weighted by molar-refractivity contribution is 0.400. The summed E-state index contributed by atoms with van der Waals surface area (Å²) in [5, 5.41) is 4.56. The summed E-state index contributed by atoms with van der Waals surface area (Å²) in [6.07, 6.45) is 9.46. The van der Waals surface area contributed by atoms with E-state index in [0.29, 0.717) is 11.8 Å². The molecule has 0 radical (unpaired) electrons. The Morgan fingerprint density at radius 2 is 1.91 bits per heavy atom. The largest absolute Gasteiger partial charge is 0.439 e. The molecular formula is C26H23N5O. The molecule has 0 amide bonds. The summed E-state index contributed by atoms with van der Waals surface area (Å²) in [5.41, 5.74) is 3.90. The summed E-state index contributed by atoms with van der Waals surface area (Å²) in [7, 11) is 0. The molecule has 0 aliphatic heterocycles. The molecule has 0 atom stereocenters. The van der Waals surface area contributed by atoms with Crippen LogP contribution >= 0.6 is 0 Å². The minimum absolute atomic E-state index is 0.559. The quantitative estimate of drug-likeness (QED) is 0.356. The number of fused-ring (bicyclic) bond motifs is 2. The fraction of sp³-hybridized carbons (Fsp3) is 0.192. The van der Waals surface area contributed by atoms with Gasteiger partial charge in [-0.15, -0.1) is 0 Å². The van der Waals surface area contributed by atoms with E-state index in [-0.39, 0.29) is 0 Å². The monoisotopic (exact) mass is 421 g/mol. The Morgan fingerprint density at radius 3 is 2.72 bits per heavy atom. The summed E-state index contributed by atoms with van der Waals surface area (Å²) in [4.78, 5) is 14.0. The number of aryl methyl sites for hydroxylation is 1. The molecular weight excluding hydrogens is 398 g/mol. The molecule has 3 heterocycles. The van der Waals surface area contributed by atoms with Gasteiger partial charge in [-0.3, -0.25) is 4.40 Å². The fourth-order valence-electron chi connectivity index (χ4n) is 4.26. The first-order chi connectivity index (χ1) is 15.7. The predicted molar refractivity (Wildman–Crippen MR) is 126 cm³/mol. The number of ether oxygens (including phenoxy) is 1. The van der Waals surface area contributed by atoms with Crippen molar-refractivity contribution in [2.75, 3.05) is 5.32 Å². The van der Waals surface area contributed by atoms with Crippen LogP contribution in [0.1, 0.15) is 36.6 Å². The molecule has 1 saturated carbocycles. The van der Waals surface area contributed by atoms with Crippen molar-refractivity contribution in [1.82, 2.24) is 19.4 Å². The third-order valence-electron chi connectivity index (χ3n) is 6.18. The lowest BCUT2D eigenvalue weighted by Crippen LogP contribution is -2.12. The highest BCUT2D eigenvalue weighted by Gasteiger charge is 2.24. The standard InChI is InChI=1S/C26H23N5O/c1-17-14-24(32-20-8-3-2-4-9-20)30-22-15-19(10-11-21(17)22)29-25-23-16-28-26(18-6-5-7-18)31(23)13-12-27-25/h2-4,8-16,18H,5-7H2,1H3,(H,27,29). The molecule has 1 aliphatic carbocycles. The third-order valence-corrected chi connectivity index (χ3v) is 6.18. The number of nitrogens with one attached hydrogen (secondary N) is 1. The van der Waals surface area contributed by atoms with Crippen LogP contribution in [0.2, 0.25) is 0 Å². The maximum Gasteiger partial charge on any atom is 0.220 e. The van der Waals surface area contributed by atoms with Crippen molar-refractivity contribution >= 4 is 27.9 Å². The fourth-order valence-corrected chi connectivity index (χ4v) is 4.26. The van der Waals surface area contributed by atoms with Crippen LogP contribution in [0.5, 0.6) is 11.6 Å². The zero-order valence-corrected chi connectivity index (χ0v) is 17.8. The number of imidazole rings is 1. The van der Waals surface area contributed by atoms with Crippen LogP contribution in [0, 0.1) is 6.92 Å². The average molecular weight is 422 g/mol. The van der Waals surface area contributed by atoms with Gasteiger partial charge in [0.25, 0.3) is 0 Å². The number of rotatable bonds is 5. The molecule has 158 valence electrons. The number of pyridine rings is 1. The molecule has 6 nitrogen and oxygen atoms in total. The van der Waals surface area contributed by atoms with Gasteiger partial charge in [0, 0.05) is 35.5 Å². The molecule has 1 N–H and O–H groups in total. The van der Waals surface area contributed by atoms with Crippen molar-refractivity contribution in [2.45, 2.75) is 32.1 Å². The molecule has 6 rings (SSSR count). The molecule has 0 bridgehead atoms. The highest BCUT2D eigenvalue weighted by molar-refractivity contribution is 5.87. The number of para-hydroxylation sites is 1. The van der Waals surface area contributed by atoms with Crippen LogP contribution in [-0.2, 0) is 0 Å². The van der Waals surface area contributed by atoms with Gasteiger partial charge in [0.05, 0.1) is 11.7 Å². The first kappa shape index (κ1) is 18.8. The maximum atomic E-state index is 5.97. The molecule has 32 heavy (non-hydrogen) atoms. The van der Waals surface area contributed by atoms with Gasteiger partial charge in [0.15, 0.2) is 5.82 Å². The highest BCUT2D eigenvalue weighted by atomic mass is 16.5. The van der Waals surface area contributed by atoms with Crippen molar-refractivity contribution in [3.8, 4) is 11.6 Å². The predicted octanol–water partition coefficient (Wildman–Crippen LogP) is 6.39. The van der Waals surface area contributed by atoms with E-state index in [0.717, 1.165) is 45.1 Å². The Morgan fingerprint density at radius 1 is 1.03 bits per heavy atom. The summed E-state index contributed by atoms with van der Waals surface area (Å²) >= 11 is 0. The zero-order chi connectivity index (χ0) is 21.5. The number of anilines is 2. The van der Waals surface area contributed by atoms with E-state index in [2.05, 4.69) is 38.7 Å². The van der Waals surface area contributed by atoms with Crippen molar-refractivity contribution in [2.24, 2.45) is 0 Å². The Hall–Kier alpha value is -3.93. The van der Waals surface area contributed by atoms with Gasteiger partial charge in [-0.1, -0.05) is 30.7 Å². The van der Waals surface area contributed by atoms with Crippen LogP contribution in [0.15, 0.2) is 73.2 Å². The van der Waals surface area contributed by atoms with Gasteiger partial charge in [0.2, 0.25) is 5.88 Å². The molecule has 0 unspecified atom stereocenters.